The Hall–Kier alpha value is -2.17. The van der Waals surface area contributed by atoms with Gasteiger partial charge >= 0.3 is 0 Å². The number of aryl methyl sites for hydroxylation is 1. The number of carbonyl (C=O) groups excluding carboxylic acids is 2. The molecule has 0 saturated heterocycles. The van der Waals surface area contributed by atoms with Crippen molar-refractivity contribution in [2.45, 2.75) is 31.0 Å². The monoisotopic (exact) mass is 417 g/mol. The van der Waals surface area contributed by atoms with E-state index in [1.807, 2.05) is 18.2 Å². The van der Waals surface area contributed by atoms with Crippen molar-refractivity contribution in [3.05, 3.63) is 51.6 Å². The normalized spacial score (nSPS) is 11.5. The number of ketones is 1. The highest BCUT2D eigenvalue weighted by Crippen LogP contribution is 2.27. The predicted molar refractivity (Wildman–Crippen MR) is 102 cm³/mol. The van der Waals surface area contributed by atoms with E-state index in [1.54, 1.807) is 26.0 Å². The molecule has 0 unspecified atom stereocenters. The summed E-state index contributed by atoms with van der Waals surface area (Å²) < 4.78 is 0.928. The van der Waals surface area contributed by atoms with Gasteiger partial charge in [-0.15, -0.1) is 0 Å². The molecule has 2 rings (SSSR count). The van der Waals surface area contributed by atoms with Gasteiger partial charge in [-0.1, -0.05) is 27.7 Å². The Morgan fingerprint density at radius 3 is 2.52 bits per heavy atom. The summed E-state index contributed by atoms with van der Waals surface area (Å²) in [7, 11) is 0. The minimum Gasteiger partial charge on any atom is -0.325 e. The molecule has 0 bridgehead atoms. The minimum atomic E-state index is -0.453. The first-order valence-electron chi connectivity index (χ1n) is 7.47. The van der Waals surface area contributed by atoms with E-state index < -0.39 is 5.25 Å². The van der Waals surface area contributed by atoms with Gasteiger partial charge in [0.2, 0.25) is 5.91 Å². The molecular weight excluding hydrogens is 402 g/mol. The molecule has 1 aromatic heterocycles. The average molecular weight is 418 g/mol. The molecular formula is C18H16BrN3O2S. The van der Waals surface area contributed by atoms with Crippen LogP contribution in [0.15, 0.2) is 39.8 Å². The number of anilines is 1. The maximum absolute atomic E-state index is 12.4. The lowest BCUT2D eigenvalue weighted by Gasteiger charge is -2.13. The molecule has 0 spiro atoms. The fourth-order valence-electron chi connectivity index (χ4n) is 2.11. The van der Waals surface area contributed by atoms with Gasteiger partial charge < -0.3 is 5.32 Å². The van der Waals surface area contributed by atoms with Crippen molar-refractivity contribution < 1.29 is 9.59 Å². The number of rotatable bonds is 5. The number of aromatic nitrogens is 1. The summed E-state index contributed by atoms with van der Waals surface area (Å²) in [6.07, 6.45) is 0. The number of thioether (sulfide) groups is 1. The highest BCUT2D eigenvalue weighted by atomic mass is 79.9. The van der Waals surface area contributed by atoms with Gasteiger partial charge in [0, 0.05) is 21.4 Å². The molecule has 1 amide bonds. The smallest absolute Gasteiger partial charge is 0.237 e. The van der Waals surface area contributed by atoms with Gasteiger partial charge in [-0.3, -0.25) is 9.59 Å². The molecule has 0 aliphatic heterocycles. The van der Waals surface area contributed by atoms with Crippen molar-refractivity contribution in [2.75, 3.05) is 5.32 Å². The number of nitrogens with zero attached hydrogens (tertiary/aromatic N) is 2. The number of benzene rings is 1. The molecule has 0 aliphatic carbocycles. The summed E-state index contributed by atoms with van der Waals surface area (Å²) in [5, 5.41) is 12.1. The molecule has 1 heterocycles. The summed E-state index contributed by atoms with van der Waals surface area (Å²) in [5.41, 5.74) is 1.96. The maximum atomic E-state index is 12.4. The summed E-state index contributed by atoms with van der Waals surface area (Å²) in [4.78, 5) is 28.3. The maximum Gasteiger partial charge on any atom is 0.237 e. The molecule has 0 saturated carbocycles. The number of pyridine rings is 1. The van der Waals surface area contributed by atoms with Crippen molar-refractivity contribution in [3.63, 3.8) is 0 Å². The van der Waals surface area contributed by atoms with Crippen LogP contribution in [-0.4, -0.2) is 21.9 Å². The third kappa shape index (κ3) is 4.91. The first-order valence-corrected chi connectivity index (χ1v) is 9.15. The van der Waals surface area contributed by atoms with Crippen molar-refractivity contribution in [3.8, 4) is 6.07 Å². The number of hydrogen-bond acceptors (Lipinski definition) is 5. The van der Waals surface area contributed by atoms with Gasteiger partial charge in [0.1, 0.15) is 11.1 Å². The second kappa shape index (κ2) is 8.28. The van der Waals surface area contributed by atoms with Gasteiger partial charge in [-0.05, 0) is 51.1 Å². The van der Waals surface area contributed by atoms with E-state index in [2.05, 4.69) is 26.2 Å². The van der Waals surface area contributed by atoms with Crippen LogP contribution >= 0.6 is 27.7 Å². The first-order chi connectivity index (χ1) is 11.8. The lowest BCUT2D eigenvalue weighted by molar-refractivity contribution is -0.115. The Morgan fingerprint density at radius 1 is 1.32 bits per heavy atom. The average Bonchev–Trinajstić information content (AvgIpc) is 2.56. The fraction of sp³-hybridized carbons (Fsp3) is 0.222. The Morgan fingerprint density at radius 2 is 1.96 bits per heavy atom. The molecule has 0 radical (unpaired) electrons. The number of Topliss-reactive ketones (excluding diaryl/α,β-unsaturated/α-hetero) is 1. The summed E-state index contributed by atoms with van der Waals surface area (Å²) in [6.45, 7) is 4.90. The lowest BCUT2D eigenvalue weighted by atomic mass is 10.1. The van der Waals surface area contributed by atoms with Crippen molar-refractivity contribution in [2.24, 2.45) is 0 Å². The van der Waals surface area contributed by atoms with E-state index in [0.717, 1.165) is 4.47 Å². The lowest BCUT2D eigenvalue weighted by Crippen LogP contribution is -2.22. The van der Waals surface area contributed by atoms with E-state index >= 15 is 0 Å². The van der Waals surface area contributed by atoms with E-state index in [9.17, 15) is 14.9 Å². The third-order valence-electron chi connectivity index (χ3n) is 3.45. The molecule has 2 aromatic rings. The van der Waals surface area contributed by atoms with Gasteiger partial charge in [0.05, 0.1) is 10.8 Å². The highest BCUT2D eigenvalue weighted by molar-refractivity contribution is 9.10. The zero-order valence-corrected chi connectivity index (χ0v) is 16.4. The van der Waals surface area contributed by atoms with Crippen LogP contribution in [0.25, 0.3) is 0 Å². The standard InChI is InChI=1S/C18H16BrN3O2S/c1-10-16(11(2)23)8-13(9-20)18(21-10)25-12(3)17(24)22-15-6-4-14(19)5-7-15/h4-8,12H,1-3H3,(H,22,24)/t12-/m1/s1. The zero-order chi connectivity index (χ0) is 18.6. The number of carbonyl (C=O) groups is 2. The molecule has 1 N–H and O–H groups in total. The number of halogens is 1. The molecule has 5 nitrogen and oxygen atoms in total. The Labute approximate surface area is 159 Å². The van der Waals surface area contributed by atoms with Crippen LogP contribution in [0, 0.1) is 18.3 Å². The number of nitrogens with one attached hydrogen (secondary N) is 1. The van der Waals surface area contributed by atoms with Crippen molar-refractivity contribution in [1.29, 1.82) is 5.26 Å². The minimum absolute atomic E-state index is 0.140. The summed E-state index contributed by atoms with van der Waals surface area (Å²) in [5.74, 6) is -0.328. The van der Waals surface area contributed by atoms with E-state index in [1.165, 1.54) is 24.8 Å². The van der Waals surface area contributed by atoms with Gasteiger partial charge in [-0.25, -0.2) is 4.98 Å². The van der Waals surface area contributed by atoms with Crippen LogP contribution in [0.3, 0.4) is 0 Å². The summed E-state index contributed by atoms with van der Waals surface area (Å²) >= 11 is 4.54. The molecule has 0 fully saturated rings. The molecule has 128 valence electrons. The third-order valence-corrected chi connectivity index (χ3v) is 5.08. The molecule has 7 heteroatoms. The van der Waals surface area contributed by atoms with Crippen LogP contribution in [0.2, 0.25) is 0 Å². The SMILES string of the molecule is CC(=O)c1cc(C#N)c(S[C@H](C)C(=O)Nc2ccc(Br)cc2)nc1C. The highest BCUT2D eigenvalue weighted by Gasteiger charge is 2.19. The molecule has 0 aliphatic rings. The number of nitriles is 1. The number of hydrogen-bond donors (Lipinski definition) is 1. The van der Waals surface area contributed by atoms with Crippen LogP contribution in [0.5, 0.6) is 0 Å². The zero-order valence-electron chi connectivity index (χ0n) is 14.0. The quantitative estimate of drug-likeness (QED) is 0.577. The van der Waals surface area contributed by atoms with E-state index in [-0.39, 0.29) is 11.7 Å². The van der Waals surface area contributed by atoms with Crippen LogP contribution in [0.4, 0.5) is 5.69 Å². The van der Waals surface area contributed by atoms with E-state index in [4.69, 9.17) is 0 Å². The first kappa shape index (κ1) is 19.2. The Kier molecular flexibility index (Phi) is 6.34. The van der Waals surface area contributed by atoms with Crippen LogP contribution in [-0.2, 0) is 4.79 Å². The van der Waals surface area contributed by atoms with Crippen LogP contribution in [0.1, 0.15) is 35.5 Å². The Bertz CT molecular complexity index is 860. The summed E-state index contributed by atoms with van der Waals surface area (Å²) in [6, 6.07) is 10.9. The van der Waals surface area contributed by atoms with E-state index in [0.29, 0.717) is 27.5 Å². The number of amides is 1. The predicted octanol–water partition coefficient (Wildman–Crippen LogP) is 4.35. The molecule has 1 aromatic carbocycles. The van der Waals surface area contributed by atoms with Gasteiger partial charge in [0.25, 0.3) is 0 Å². The van der Waals surface area contributed by atoms with Gasteiger partial charge in [-0.2, -0.15) is 5.26 Å². The Balaban J connectivity index is 2.16. The molecule has 1 atom stereocenters. The fourth-order valence-corrected chi connectivity index (χ4v) is 3.29. The topological polar surface area (TPSA) is 82.8 Å². The largest absolute Gasteiger partial charge is 0.325 e. The van der Waals surface area contributed by atoms with Crippen LogP contribution < -0.4 is 5.32 Å². The van der Waals surface area contributed by atoms with Crippen molar-refractivity contribution >= 4 is 45.1 Å². The molecule has 25 heavy (non-hydrogen) atoms. The second-order valence-corrected chi connectivity index (χ2v) is 7.64. The second-order valence-electron chi connectivity index (χ2n) is 5.40. The van der Waals surface area contributed by atoms with Gasteiger partial charge in [0.15, 0.2) is 5.78 Å². The van der Waals surface area contributed by atoms with Crippen molar-refractivity contribution in [1.82, 2.24) is 4.98 Å².